The first-order valence-corrected chi connectivity index (χ1v) is 14.6. The van der Waals surface area contributed by atoms with E-state index in [0.717, 1.165) is 20.9 Å². The number of nitrogens with two attached hydrogens (primary N) is 1. The van der Waals surface area contributed by atoms with Crippen molar-refractivity contribution >= 4 is 55.3 Å². The zero-order valence-corrected chi connectivity index (χ0v) is 22.0. The number of piperidine rings is 1. The Bertz CT molecular complexity index is 1410. The van der Waals surface area contributed by atoms with E-state index >= 15 is 0 Å². The second kappa shape index (κ2) is 10.7. The molecule has 3 N–H and O–H groups in total. The van der Waals surface area contributed by atoms with Gasteiger partial charge in [-0.15, -0.1) is 11.3 Å². The lowest BCUT2D eigenvalue weighted by Crippen LogP contribution is -2.45. The van der Waals surface area contributed by atoms with Gasteiger partial charge in [0.15, 0.2) is 11.6 Å². The number of carbonyl (C=O) groups is 1. The molecule has 0 aromatic carbocycles. The molecule has 2 aliphatic rings. The van der Waals surface area contributed by atoms with Crippen molar-refractivity contribution in [3.05, 3.63) is 29.4 Å². The molecule has 2 aliphatic heterocycles. The van der Waals surface area contributed by atoms with Crippen LogP contribution in [0.1, 0.15) is 17.7 Å². The van der Waals surface area contributed by atoms with Crippen molar-refractivity contribution in [3.8, 4) is 11.4 Å². The molecule has 0 bridgehead atoms. The number of fused-ring (bicyclic) bond motifs is 1. The fourth-order valence-electron chi connectivity index (χ4n) is 4.33. The number of rotatable bonds is 6. The normalized spacial score (nSPS) is 18.0. The minimum atomic E-state index is -3.20. The number of aromatic nitrogens is 4. The largest absolute Gasteiger partial charge is 0.378 e. The molecular weight excluding hydrogens is 516 g/mol. The number of anilines is 2. The molecule has 14 heteroatoms. The molecule has 196 valence electrons. The lowest BCUT2D eigenvalue weighted by molar-refractivity contribution is -0.117. The number of hydrogen-bond acceptors (Lipinski definition) is 11. The van der Waals surface area contributed by atoms with E-state index in [1.807, 2.05) is 6.07 Å². The van der Waals surface area contributed by atoms with Crippen LogP contribution in [0.15, 0.2) is 24.5 Å². The number of carbonyl (C=O) groups excluding carboxylic acids is 1. The Kier molecular flexibility index (Phi) is 7.33. The summed E-state index contributed by atoms with van der Waals surface area (Å²) in [6.07, 6.45) is 8.86. The van der Waals surface area contributed by atoms with Crippen molar-refractivity contribution in [1.82, 2.24) is 29.6 Å². The van der Waals surface area contributed by atoms with Crippen molar-refractivity contribution in [2.24, 2.45) is 0 Å². The molecule has 2 saturated heterocycles. The van der Waals surface area contributed by atoms with Gasteiger partial charge in [0.25, 0.3) is 0 Å². The first-order valence-electron chi connectivity index (χ1n) is 11.9. The fraction of sp³-hybridized carbons (Fsp3) is 0.435. The maximum atomic E-state index is 12.6. The van der Waals surface area contributed by atoms with Crippen LogP contribution in [0.2, 0.25) is 0 Å². The van der Waals surface area contributed by atoms with Crippen LogP contribution in [0.25, 0.3) is 27.7 Å². The summed E-state index contributed by atoms with van der Waals surface area (Å²) in [6, 6.07) is 1.88. The fourth-order valence-corrected chi connectivity index (χ4v) is 6.22. The van der Waals surface area contributed by atoms with Crippen LogP contribution in [-0.2, 0) is 19.6 Å². The summed E-state index contributed by atoms with van der Waals surface area (Å²) < 4.78 is 31.3. The monoisotopic (exact) mass is 544 g/mol. The molecule has 1 amide bonds. The lowest BCUT2D eigenvalue weighted by Gasteiger charge is -2.30. The highest BCUT2D eigenvalue weighted by atomic mass is 32.2. The summed E-state index contributed by atoms with van der Waals surface area (Å²) in [5.74, 6) is 1.28. The SMILES string of the molecule is CS(=O)(=O)N1CCC(NC(=O)/C=C/c2cc3nc(-c4cnc(N)nc4)nc(N4CCOCC4)c3s2)CC1. The van der Waals surface area contributed by atoms with E-state index in [0.29, 0.717) is 63.6 Å². The van der Waals surface area contributed by atoms with Gasteiger partial charge in [0.05, 0.1) is 35.2 Å². The molecule has 0 radical (unpaired) electrons. The minimum absolute atomic E-state index is 0.0546. The van der Waals surface area contributed by atoms with Gasteiger partial charge in [0.1, 0.15) is 0 Å². The number of morpholine rings is 1. The van der Waals surface area contributed by atoms with Gasteiger partial charge in [-0.25, -0.2) is 32.7 Å². The molecule has 0 aliphatic carbocycles. The number of nitrogens with zero attached hydrogens (tertiary/aromatic N) is 6. The summed E-state index contributed by atoms with van der Waals surface area (Å²) in [6.45, 7) is 3.49. The van der Waals surface area contributed by atoms with Crippen molar-refractivity contribution in [1.29, 1.82) is 0 Å². The number of thiophene rings is 1. The maximum Gasteiger partial charge on any atom is 0.244 e. The predicted octanol–water partition coefficient (Wildman–Crippen LogP) is 1.12. The summed E-state index contributed by atoms with van der Waals surface area (Å²) in [5.41, 5.74) is 7.06. The molecule has 3 aromatic heterocycles. The third-order valence-corrected chi connectivity index (χ3v) is 8.67. The Morgan fingerprint density at radius 2 is 1.86 bits per heavy atom. The van der Waals surface area contributed by atoms with E-state index in [9.17, 15) is 13.2 Å². The molecular formula is C23H28N8O4S2. The topological polar surface area (TPSA) is 157 Å². The quantitative estimate of drug-likeness (QED) is 0.431. The van der Waals surface area contributed by atoms with Gasteiger partial charge in [0, 0.05) is 55.6 Å². The van der Waals surface area contributed by atoms with Gasteiger partial charge >= 0.3 is 0 Å². The van der Waals surface area contributed by atoms with Gasteiger partial charge in [-0.3, -0.25) is 4.79 Å². The molecule has 0 atom stereocenters. The highest BCUT2D eigenvalue weighted by molar-refractivity contribution is 7.88. The van der Waals surface area contributed by atoms with Crippen molar-refractivity contribution in [2.75, 3.05) is 56.3 Å². The van der Waals surface area contributed by atoms with E-state index < -0.39 is 10.0 Å². The Morgan fingerprint density at radius 3 is 2.54 bits per heavy atom. The molecule has 2 fully saturated rings. The Morgan fingerprint density at radius 1 is 1.16 bits per heavy atom. The van der Waals surface area contributed by atoms with E-state index in [2.05, 4.69) is 20.2 Å². The zero-order valence-electron chi connectivity index (χ0n) is 20.3. The van der Waals surface area contributed by atoms with Gasteiger partial charge in [-0.2, -0.15) is 0 Å². The smallest absolute Gasteiger partial charge is 0.244 e. The molecule has 0 spiro atoms. The second-order valence-electron chi connectivity index (χ2n) is 8.94. The third-order valence-electron chi connectivity index (χ3n) is 6.28. The maximum absolute atomic E-state index is 12.6. The second-order valence-corrected chi connectivity index (χ2v) is 12.0. The van der Waals surface area contributed by atoms with Crippen LogP contribution in [0.3, 0.4) is 0 Å². The van der Waals surface area contributed by atoms with Crippen LogP contribution in [0, 0.1) is 0 Å². The number of sulfonamides is 1. The number of nitrogens with one attached hydrogen (secondary N) is 1. The average Bonchev–Trinajstić information content (AvgIpc) is 3.31. The van der Waals surface area contributed by atoms with E-state index in [4.69, 9.17) is 20.4 Å². The number of ether oxygens (including phenoxy) is 1. The standard InChI is InChI=1S/C23H28N8O4S2/c1-37(33,34)31-6-4-16(5-7-31)27-19(32)3-2-17-12-18-20(36-17)22(30-8-10-35-11-9-30)29-21(28-18)15-13-25-23(24)26-14-15/h2-3,12-14,16H,4-11H2,1H3,(H,27,32)(H2,24,25,26)/b3-2+. The number of nitrogen functional groups attached to an aromatic ring is 1. The predicted molar refractivity (Wildman–Crippen MR) is 143 cm³/mol. The Labute approximate surface area is 218 Å². The van der Waals surface area contributed by atoms with E-state index in [1.54, 1.807) is 18.5 Å². The summed E-state index contributed by atoms with van der Waals surface area (Å²) in [5, 5.41) is 2.98. The van der Waals surface area contributed by atoms with Gasteiger partial charge in [-0.05, 0) is 25.0 Å². The first kappa shape index (κ1) is 25.4. The molecule has 5 rings (SSSR count). The molecule has 0 unspecified atom stereocenters. The van der Waals surface area contributed by atoms with Crippen molar-refractivity contribution in [3.63, 3.8) is 0 Å². The van der Waals surface area contributed by atoms with Gasteiger partial charge < -0.3 is 20.7 Å². The number of amides is 1. The molecule has 5 heterocycles. The summed E-state index contributed by atoms with van der Waals surface area (Å²) in [4.78, 5) is 33.3. The van der Waals surface area contributed by atoms with Crippen LogP contribution in [0.5, 0.6) is 0 Å². The molecule has 37 heavy (non-hydrogen) atoms. The van der Waals surface area contributed by atoms with Crippen LogP contribution < -0.4 is 16.0 Å². The number of hydrogen-bond donors (Lipinski definition) is 2. The van der Waals surface area contributed by atoms with E-state index in [-0.39, 0.29) is 17.9 Å². The Balaban J connectivity index is 1.35. The Hall–Kier alpha value is -3.20. The average molecular weight is 545 g/mol. The van der Waals surface area contributed by atoms with Crippen LogP contribution in [0.4, 0.5) is 11.8 Å². The van der Waals surface area contributed by atoms with Crippen molar-refractivity contribution in [2.45, 2.75) is 18.9 Å². The van der Waals surface area contributed by atoms with Gasteiger partial charge in [0.2, 0.25) is 21.9 Å². The highest BCUT2D eigenvalue weighted by Crippen LogP contribution is 2.35. The highest BCUT2D eigenvalue weighted by Gasteiger charge is 2.25. The van der Waals surface area contributed by atoms with Crippen LogP contribution >= 0.6 is 11.3 Å². The van der Waals surface area contributed by atoms with Gasteiger partial charge in [-0.1, -0.05) is 0 Å². The van der Waals surface area contributed by atoms with Crippen LogP contribution in [-0.4, -0.2) is 90.3 Å². The summed E-state index contributed by atoms with van der Waals surface area (Å²) >= 11 is 1.52. The third kappa shape index (κ3) is 6.04. The molecule has 12 nitrogen and oxygen atoms in total. The zero-order chi connectivity index (χ0) is 26.0. The lowest BCUT2D eigenvalue weighted by atomic mass is 10.1. The minimum Gasteiger partial charge on any atom is -0.378 e. The first-order chi connectivity index (χ1) is 17.8. The van der Waals surface area contributed by atoms with Crippen molar-refractivity contribution < 1.29 is 17.9 Å². The van der Waals surface area contributed by atoms with E-state index in [1.165, 1.54) is 28.0 Å². The molecule has 0 saturated carbocycles. The summed E-state index contributed by atoms with van der Waals surface area (Å²) in [7, 11) is -3.20. The molecule has 3 aromatic rings.